The van der Waals surface area contributed by atoms with Gasteiger partial charge in [-0.05, 0) is 50.5 Å². The van der Waals surface area contributed by atoms with Gasteiger partial charge in [0.2, 0.25) is 0 Å². The average Bonchev–Trinajstić information content (AvgIpc) is 3.92. The molecule has 0 saturated carbocycles. The number of epoxide rings is 1. The van der Waals surface area contributed by atoms with E-state index < -0.39 is 83.7 Å². The molecule has 0 aliphatic carbocycles. The van der Waals surface area contributed by atoms with Gasteiger partial charge in [-0.3, -0.25) is 23.2 Å². The van der Waals surface area contributed by atoms with E-state index in [0.29, 0.717) is 31.0 Å². The Hall–Kier alpha value is -2.54. The van der Waals surface area contributed by atoms with Crippen molar-refractivity contribution in [1.29, 1.82) is 0 Å². The molecule has 4 unspecified atom stereocenters. The maximum absolute atomic E-state index is 12.8. The van der Waals surface area contributed by atoms with Gasteiger partial charge in [0.1, 0.15) is 30.7 Å². The number of nitrogens with zero attached hydrogens (tertiary/aromatic N) is 2. The minimum absolute atomic E-state index is 0.0448. The number of phosphoric ester groups is 2. The molecule has 368 valence electrons. The Bertz CT molecular complexity index is 1700. The zero-order valence-corrected chi connectivity index (χ0v) is 39.7. The minimum atomic E-state index is -5.42. The molecule has 0 bridgehead atoms. The number of ether oxygens (including phenoxy) is 4. The van der Waals surface area contributed by atoms with Crippen molar-refractivity contribution in [2.75, 3.05) is 25.6 Å². The second-order valence-electron chi connectivity index (χ2n) is 17.1. The smallest absolute Gasteiger partial charge is 0.462 e. The van der Waals surface area contributed by atoms with Crippen LogP contribution in [-0.2, 0) is 51.0 Å². The summed E-state index contributed by atoms with van der Waals surface area (Å²) >= 11 is 0. The summed E-state index contributed by atoms with van der Waals surface area (Å²) in [6.45, 7) is 4.30. The second kappa shape index (κ2) is 30.0. The number of rotatable bonds is 36. The van der Waals surface area contributed by atoms with Crippen molar-refractivity contribution >= 4 is 33.4 Å². The molecule has 2 aliphatic rings. The van der Waals surface area contributed by atoms with Crippen LogP contribution in [0.5, 0.6) is 0 Å². The maximum Gasteiger partial charge on any atom is 0.481 e. The lowest BCUT2D eigenvalue weighted by Crippen LogP contribution is -2.36. The fourth-order valence-electron chi connectivity index (χ4n) is 7.21. The molecule has 0 radical (unpaired) electrons. The molecule has 2 fully saturated rings. The van der Waals surface area contributed by atoms with Crippen LogP contribution < -0.4 is 11.4 Å². The summed E-state index contributed by atoms with van der Waals surface area (Å²) in [5.41, 5.74) is 4.58. The molecule has 1 aromatic heterocycles. The first-order chi connectivity index (χ1) is 30.5. The number of aliphatic hydroxyl groups excluding tert-OH is 2. The number of hydrogen-bond acceptors (Lipinski definition) is 16. The maximum atomic E-state index is 12.8. The largest absolute Gasteiger partial charge is 0.481 e. The predicted octanol–water partition coefficient (Wildman–Crippen LogP) is 7.34. The molecule has 3 heterocycles. The molecule has 1 aromatic rings. The normalized spacial score (nSPS) is 23.2. The number of esters is 2. The van der Waals surface area contributed by atoms with Gasteiger partial charge in [0.25, 0.3) is 0 Å². The van der Waals surface area contributed by atoms with E-state index >= 15 is 0 Å². The number of anilines is 1. The van der Waals surface area contributed by atoms with Gasteiger partial charge in [0.05, 0.1) is 25.4 Å². The Morgan fingerprint density at radius 1 is 0.812 bits per heavy atom. The van der Waals surface area contributed by atoms with Crippen LogP contribution in [0.25, 0.3) is 0 Å². The van der Waals surface area contributed by atoms with E-state index in [1.807, 2.05) is 0 Å². The molecule has 2 saturated heterocycles. The first-order valence-corrected chi connectivity index (χ1v) is 26.2. The fraction of sp³-hybridized carbons (Fsp3) is 0.814. The number of nitrogens with two attached hydrogens (primary N) is 1. The number of phosphoric acid groups is 2. The van der Waals surface area contributed by atoms with Gasteiger partial charge < -0.3 is 44.7 Å². The van der Waals surface area contributed by atoms with Crippen LogP contribution in [0.4, 0.5) is 5.82 Å². The molecular weight excluding hydrogens is 876 g/mol. The third-order valence-corrected chi connectivity index (χ3v) is 13.6. The van der Waals surface area contributed by atoms with Crippen molar-refractivity contribution in [1.82, 2.24) is 9.55 Å². The highest BCUT2D eigenvalue weighted by molar-refractivity contribution is 7.61. The molecular formula is C43H75N3O16P2. The lowest BCUT2D eigenvalue weighted by molar-refractivity contribution is -0.161. The number of aromatic nitrogens is 2. The van der Waals surface area contributed by atoms with Gasteiger partial charge in [-0.2, -0.15) is 9.29 Å². The first kappa shape index (κ1) is 55.8. The van der Waals surface area contributed by atoms with Crippen molar-refractivity contribution in [3.63, 3.8) is 0 Å². The highest BCUT2D eigenvalue weighted by Crippen LogP contribution is 2.60. The summed E-state index contributed by atoms with van der Waals surface area (Å²) in [6.07, 6.45) is 18.0. The van der Waals surface area contributed by atoms with Crippen molar-refractivity contribution in [2.45, 2.75) is 198 Å². The molecule has 0 spiro atoms. The molecule has 64 heavy (non-hydrogen) atoms. The van der Waals surface area contributed by atoms with Crippen LogP contribution in [0.3, 0.4) is 0 Å². The molecule has 19 nitrogen and oxygen atoms in total. The van der Waals surface area contributed by atoms with E-state index in [-0.39, 0.29) is 18.7 Å². The van der Waals surface area contributed by atoms with Gasteiger partial charge in [0.15, 0.2) is 12.3 Å². The van der Waals surface area contributed by atoms with Crippen LogP contribution in [0.1, 0.15) is 162 Å². The highest BCUT2D eigenvalue weighted by atomic mass is 31.3. The Morgan fingerprint density at radius 3 is 2.12 bits per heavy atom. The van der Waals surface area contributed by atoms with Gasteiger partial charge in [-0.15, -0.1) is 0 Å². The molecule has 21 heteroatoms. The van der Waals surface area contributed by atoms with Crippen LogP contribution in [0.2, 0.25) is 0 Å². The molecule has 2 aliphatic heterocycles. The molecule has 0 aromatic carbocycles. The lowest BCUT2D eigenvalue weighted by Gasteiger charge is -2.21. The zero-order chi connectivity index (χ0) is 47.0. The highest BCUT2D eigenvalue weighted by Gasteiger charge is 2.46. The van der Waals surface area contributed by atoms with E-state index in [1.165, 1.54) is 44.6 Å². The predicted molar refractivity (Wildman–Crippen MR) is 238 cm³/mol. The zero-order valence-electron chi connectivity index (χ0n) is 38.0. The average molecular weight is 952 g/mol. The summed E-state index contributed by atoms with van der Waals surface area (Å²) in [7, 11) is -10.8. The Labute approximate surface area is 378 Å². The second-order valence-corrected chi connectivity index (χ2v) is 20.2. The summed E-state index contributed by atoms with van der Waals surface area (Å²) in [6, 6.07) is 1.25. The standard InChI is InChI=1S/C43H75N3O16P2/c1-4-5-17-23-34-35(60-34)24-19-14-10-6-7-11-15-20-25-38(47)56-29-33(59-39(48)26-21-16-12-8-9-13-18-22-32(2)3)30-57-63(52,53)62-64(54,55)58-31-36-40(49)41(50)42(61-36)46-28-27-37(44)45-43(46)51/h14,19,27-28,32-36,40-42,49-50H,4-13,15-18,20-26,29-31H2,1-3H3,(H,52,53)(H,54,55)(H2,44,45,51)/b19-14-/t33-,34?,35?,36-,40-,41-,42-/m1/s1. The molecule has 9 atom stereocenters. The van der Waals surface area contributed by atoms with Gasteiger partial charge >= 0.3 is 33.3 Å². The Kier molecular flexibility index (Phi) is 26.1. The van der Waals surface area contributed by atoms with E-state index in [2.05, 4.69) is 42.2 Å². The van der Waals surface area contributed by atoms with E-state index in [9.17, 15) is 43.5 Å². The van der Waals surface area contributed by atoms with Crippen molar-refractivity contribution in [2.24, 2.45) is 5.92 Å². The summed E-state index contributed by atoms with van der Waals surface area (Å²) in [5, 5.41) is 20.9. The van der Waals surface area contributed by atoms with E-state index in [4.69, 9.17) is 33.7 Å². The number of allylic oxidation sites excluding steroid dienone is 1. The number of carbonyl (C=O) groups is 2. The Morgan fingerprint density at radius 2 is 1.45 bits per heavy atom. The topological polar surface area (TPSA) is 278 Å². The quantitative estimate of drug-likeness (QED) is 0.0145. The van der Waals surface area contributed by atoms with Gasteiger partial charge in [-0.1, -0.05) is 116 Å². The first-order valence-electron chi connectivity index (χ1n) is 23.2. The van der Waals surface area contributed by atoms with Gasteiger partial charge in [0, 0.05) is 19.0 Å². The molecule has 6 N–H and O–H groups in total. The van der Waals surface area contributed by atoms with Crippen molar-refractivity contribution < 1.29 is 71.0 Å². The third-order valence-electron chi connectivity index (χ3n) is 11.0. The summed E-state index contributed by atoms with van der Waals surface area (Å²) in [4.78, 5) is 61.7. The number of carbonyl (C=O) groups excluding carboxylic acids is 2. The number of nitrogen functional groups attached to an aromatic ring is 1. The monoisotopic (exact) mass is 951 g/mol. The van der Waals surface area contributed by atoms with Crippen LogP contribution in [0.15, 0.2) is 29.2 Å². The Balaban J connectivity index is 1.41. The lowest BCUT2D eigenvalue weighted by atomic mass is 10.0. The van der Waals surface area contributed by atoms with E-state index in [0.717, 1.165) is 81.4 Å². The summed E-state index contributed by atoms with van der Waals surface area (Å²) in [5.74, 6) is -0.632. The fourth-order valence-corrected chi connectivity index (χ4v) is 9.32. The van der Waals surface area contributed by atoms with Crippen LogP contribution in [-0.4, -0.2) is 97.9 Å². The van der Waals surface area contributed by atoms with Crippen molar-refractivity contribution in [3.8, 4) is 0 Å². The van der Waals surface area contributed by atoms with Crippen LogP contribution >= 0.6 is 15.6 Å². The number of hydrogen-bond donors (Lipinski definition) is 5. The van der Waals surface area contributed by atoms with E-state index in [1.54, 1.807) is 0 Å². The van der Waals surface area contributed by atoms with Crippen molar-refractivity contribution in [3.05, 3.63) is 34.9 Å². The minimum Gasteiger partial charge on any atom is -0.462 e. The van der Waals surface area contributed by atoms with Crippen LogP contribution in [0, 0.1) is 5.92 Å². The summed E-state index contributed by atoms with van der Waals surface area (Å²) < 4.78 is 62.3. The number of aliphatic hydroxyl groups is 2. The third kappa shape index (κ3) is 23.3. The molecule has 0 amide bonds. The van der Waals surface area contributed by atoms with Gasteiger partial charge in [-0.25, -0.2) is 13.9 Å². The SMILES string of the molecule is CCCCCC1OC1C/C=C\CCCCCCCC(=O)OC[C@H](COP(=O)(O)OP(=O)(O)OC[C@H]1O[C@@H](n2ccc(N)nc2=O)[C@H](O)[C@@H]1O)OC(=O)CCCCCCCCCC(C)C. The number of unbranched alkanes of at least 4 members (excludes halogenated alkanes) is 13. The molecule has 3 rings (SSSR count).